The minimum atomic E-state index is -1.24. The predicted octanol–water partition coefficient (Wildman–Crippen LogP) is 2.19. The van der Waals surface area contributed by atoms with Gasteiger partial charge in [-0.1, -0.05) is 18.2 Å². The molecule has 152 valence electrons. The SMILES string of the molecule is N=C(N)c1ccc2cc(OC(=O)c3ccc(CNC(=O)C=CC(=O)O)o3)ccc2c1. The first-order chi connectivity index (χ1) is 14.3. The van der Waals surface area contributed by atoms with Crippen molar-refractivity contribution in [2.45, 2.75) is 6.54 Å². The molecule has 0 atom stereocenters. The van der Waals surface area contributed by atoms with E-state index in [9.17, 15) is 14.4 Å². The fraction of sp³-hybridized carbons (Fsp3) is 0.0476. The average molecular weight is 407 g/mol. The van der Waals surface area contributed by atoms with Gasteiger partial charge >= 0.3 is 11.9 Å². The maximum atomic E-state index is 12.3. The van der Waals surface area contributed by atoms with Crippen LogP contribution in [0.1, 0.15) is 21.9 Å². The van der Waals surface area contributed by atoms with E-state index in [4.69, 9.17) is 25.4 Å². The van der Waals surface area contributed by atoms with E-state index in [1.807, 2.05) is 0 Å². The summed E-state index contributed by atoms with van der Waals surface area (Å²) in [5.41, 5.74) is 6.08. The minimum Gasteiger partial charge on any atom is -0.478 e. The van der Waals surface area contributed by atoms with E-state index >= 15 is 0 Å². The Bertz CT molecular complexity index is 1180. The van der Waals surface area contributed by atoms with Crippen molar-refractivity contribution in [1.82, 2.24) is 5.32 Å². The lowest BCUT2D eigenvalue weighted by Gasteiger charge is -2.06. The lowest BCUT2D eigenvalue weighted by Crippen LogP contribution is -2.20. The van der Waals surface area contributed by atoms with E-state index in [0.29, 0.717) is 23.1 Å². The van der Waals surface area contributed by atoms with Crippen LogP contribution >= 0.6 is 0 Å². The van der Waals surface area contributed by atoms with Crippen LogP contribution in [0.4, 0.5) is 0 Å². The van der Waals surface area contributed by atoms with Crippen LogP contribution in [0.15, 0.2) is 65.1 Å². The average Bonchev–Trinajstić information content (AvgIpc) is 3.19. The van der Waals surface area contributed by atoms with Gasteiger partial charge in [0.05, 0.1) is 6.54 Å². The van der Waals surface area contributed by atoms with Gasteiger partial charge in [0.25, 0.3) is 0 Å². The summed E-state index contributed by atoms with van der Waals surface area (Å²) >= 11 is 0. The standard InChI is InChI=1S/C21H17N3O6/c22-20(23)14-2-1-13-10-15(4-3-12(13)9-14)30-21(28)17-6-5-16(29-17)11-24-18(25)7-8-19(26)27/h1-10H,11H2,(H3,22,23)(H,24,25)(H,26,27). The first kappa shape index (κ1) is 20.3. The summed E-state index contributed by atoms with van der Waals surface area (Å²) in [7, 11) is 0. The molecule has 1 amide bonds. The molecule has 2 aromatic carbocycles. The van der Waals surface area contributed by atoms with E-state index in [0.717, 1.165) is 16.8 Å². The molecule has 9 nitrogen and oxygen atoms in total. The Morgan fingerprint density at radius 2 is 1.80 bits per heavy atom. The molecule has 1 heterocycles. The van der Waals surface area contributed by atoms with Crippen molar-refractivity contribution in [2.75, 3.05) is 0 Å². The van der Waals surface area contributed by atoms with Crippen LogP contribution in [0.3, 0.4) is 0 Å². The number of aliphatic carboxylic acids is 1. The van der Waals surface area contributed by atoms with E-state index in [1.165, 1.54) is 12.1 Å². The van der Waals surface area contributed by atoms with Crippen molar-refractivity contribution in [3.8, 4) is 5.75 Å². The lowest BCUT2D eigenvalue weighted by molar-refractivity contribution is -0.131. The van der Waals surface area contributed by atoms with Gasteiger partial charge in [-0.2, -0.15) is 0 Å². The smallest absolute Gasteiger partial charge is 0.379 e. The van der Waals surface area contributed by atoms with Gasteiger partial charge in [0.1, 0.15) is 17.3 Å². The number of nitrogen functional groups attached to an aromatic ring is 1. The first-order valence-electron chi connectivity index (χ1n) is 8.70. The van der Waals surface area contributed by atoms with Crippen LogP contribution in [-0.2, 0) is 16.1 Å². The van der Waals surface area contributed by atoms with Crippen LogP contribution in [0.2, 0.25) is 0 Å². The molecule has 0 saturated carbocycles. The minimum absolute atomic E-state index is 0.0233. The number of nitrogens with two attached hydrogens (primary N) is 1. The summed E-state index contributed by atoms with van der Waals surface area (Å²) in [5, 5.41) is 20.0. The summed E-state index contributed by atoms with van der Waals surface area (Å²) in [4.78, 5) is 34.1. The Labute approximate surface area is 170 Å². The molecule has 9 heteroatoms. The number of hydrogen-bond acceptors (Lipinski definition) is 6. The van der Waals surface area contributed by atoms with Crippen LogP contribution in [0.5, 0.6) is 5.75 Å². The van der Waals surface area contributed by atoms with E-state index < -0.39 is 17.8 Å². The maximum Gasteiger partial charge on any atom is 0.379 e. The van der Waals surface area contributed by atoms with Crippen molar-refractivity contribution < 1.29 is 28.6 Å². The Morgan fingerprint density at radius 3 is 2.53 bits per heavy atom. The molecule has 5 N–H and O–H groups in total. The number of rotatable bonds is 7. The van der Waals surface area contributed by atoms with Crippen molar-refractivity contribution in [2.24, 2.45) is 5.73 Å². The number of carboxylic acid groups (broad SMARTS) is 1. The number of amidine groups is 1. The molecule has 1 aromatic heterocycles. The molecule has 30 heavy (non-hydrogen) atoms. The van der Waals surface area contributed by atoms with Gasteiger partial charge in [0, 0.05) is 17.7 Å². The third kappa shape index (κ3) is 5.10. The summed E-state index contributed by atoms with van der Waals surface area (Å²) < 4.78 is 10.7. The van der Waals surface area contributed by atoms with Gasteiger partial charge in [0.2, 0.25) is 11.7 Å². The number of ether oxygens (including phenoxy) is 1. The second-order valence-corrected chi connectivity index (χ2v) is 6.18. The molecule has 0 aliphatic heterocycles. The molecule has 0 aliphatic carbocycles. The Hall–Kier alpha value is -4.40. The Morgan fingerprint density at radius 1 is 1.07 bits per heavy atom. The topological polar surface area (TPSA) is 156 Å². The van der Waals surface area contributed by atoms with Crippen molar-refractivity contribution in [3.05, 3.63) is 77.8 Å². The number of carbonyl (C=O) groups is 3. The molecule has 0 unspecified atom stereocenters. The first-order valence-corrected chi connectivity index (χ1v) is 8.70. The highest BCUT2D eigenvalue weighted by Gasteiger charge is 2.14. The number of carboxylic acids is 1. The normalized spacial score (nSPS) is 10.8. The molecule has 3 rings (SSSR count). The van der Waals surface area contributed by atoms with Crippen LogP contribution in [-0.4, -0.2) is 28.8 Å². The molecular formula is C21H17N3O6. The van der Waals surface area contributed by atoms with Gasteiger partial charge in [-0.25, -0.2) is 9.59 Å². The fourth-order valence-electron chi connectivity index (χ4n) is 2.57. The lowest BCUT2D eigenvalue weighted by atomic mass is 10.1. The molecule has 0 spiro atoms. The number of hydrogen-bond donors (Lipinski definition) is 4. The van der Waals surface area contributed by atoms with Gasteiger partial charge in [-0.15, -0.1) is 0 Å². The van der Waals surface area contributed by atoms with E-state index in [2.05, 4.69) is 5.32 Å². The zero-order valence-corrected chi connectivity index (χ0v) is 15.5. The third-order valence-corrected chi connectivity index (χ3v) is 4.01. The second-order valence-electron chi connectivity index (χ2n) is 6.18. The van der Waals surface area contributed by atoms with Gasteiger partial charge in [-0.3, -0.25) is 10.2 Å². The predicted molar refractivity (Wildman–Crippen MR) is 107 cm³/mol. The molecule has 0 aliphatic rings. The van der Waals surface area contributed by atoms with Crippen molar-refractivity contribution >= 4 is 34.5 Å². The fourth-order valence-corrected chi connectivity index (χ4v) is 2.57. The number of nitrogens with one attached hydrogen (secondary N) is 2. The highest BCUT2D eigenvalue weighted by molar-refractivity contribution is 5.99. The number of benzene rings is 2. The van der Waals surface area contributed by atoms with Crippen molar-refractivity contribution in [3.63, 3.8) is 0 Å². The second kappa shape index (κ2) is 8.74. The molecular weight excluding hydrogens is 390 g/mol. The highest BCUT2D eigenvalue weighted by Crippen LogP contribution is 2.23. The molecule has 0 radical (unpaired) electrons. The van der Waals surface area contributed by atoms with Gasteiger partial charge in [0.15, 0.2) is 0 Å². The Kier molecular flexibility index (Phi) is 5.92. The summed E-state index contributed by atoms with van der Waals surface area (Å²) in [6.45, 7) is -0.0233. The molecule has 0 bridgehead atoms. The highest BCUT2D eigenvalue weighted by atomic mass is 16.5. The van der Waals surface area contributed by atoms with Gasteiger partial charge < -0.3 is 25.3 Å². The van der Waals surface area contributed by atoms with E-state index in [1.54, 1.807) is 36.4 Å². The van der Waals surface area contributed by atoms with Crippen molar-refractivity contribution in [1.29, 1.82) is 5.41 Å². The molecule has 0 saturated heterocycles. The number of esters is 1. The van der Waals surface area contributed by atoms with Crippen LogP contribution in [0, 0.1) is 5.41 Å². The summed E-state index contributed by atoms with van der Waals surface area (Å²) in [6.07, 6.45) is 1.59. The number of fused-ring (bicyclic) bond motifs is 1. The number of carbonyl (C=O) groups excluding carboxylic acids is 2. The van der Waals surface area contributed by atoms with Crippen LogP contribution < -0.4 is 15.8 Å². The maximum absolute atomic E-state index is 12.3. The third-order valence-electron chi connectivity index (χ3n) is 4.01. The monoisotopic (exact) mass is 407 g/mol. The largest absolute Gasteiger partial charge is 0.478 e. The quantitative estimate of drug-likeness (QED) is 0.154. The zero-order chi connectivity index (χ0) is 21.7. The number of furan rings is 1. The molecule has 3 aromatic rings. The summed E-state index contributed by atoms with van der Waals surface area (Å²) in [6, 6.07) is 13.2. The summed E-state index contributed by atoms with van der Waals surface area (Å²) in [5.74, 6) is -2.02. The zero-order valence-electron chi connectivity index (χ0n) is 15.5. The Balaban J connectivity index is 1.63. The van der Waals surface area contributed by atoms with E-state index in [-0.39, 0.29) is 18.1 Å². The van der Waals surface area contributed by atoms with Crippen LogP contribution in [0.25, 0.3) is 10.8 Å². The van der Waals surface area contributed by atoms with Gasteiger partial charge in [-0.05, 0) is 41.1 Å². The molecule has 0 fully saturated rings. The number of amides is 1.